The Morgan fingerprint density at radius 3 is 2.47 bits per heavy atom. The van der Waals surface area contributed by atoms with Crippen molar-refractivity contribution in [2.24, 2.45) is 0 Å². The lowest BCUT2D eigenvalue weighted by Gasteiger charge is -2.32. The van der Waals surface area contributed by atoms with E-state index in [1.165, 1.54) is 12.5 Å². The highest BCUT2D eigenvalue weighted by Gasteiger charge is 2.31. The summed E-state index contributed by atoms with van der Waals surface area (Å²) < 4.78 is 13.1. The summed E-state index contributed by atoms with van der Waals surface area (Å²) in [5.74, 6) is -0.196. The number of hydrogen-bond acceptors (Lipinski definition) is 1. The summed E-state index contributed by atoms with van der Waals surface area (Å²) in [5, 5.41) is 10.4. The van der Waals surface area contributed by atoms with Gasteiger partial charge in [-0.25, -0.2) is 4.39 Å². The van der Waals surface area contributed by atoms with E-state index in [1.807, 2.05) is 0 Å². The first-order valence-electron chi connectivity index (χ1n) is 5.61. The Morgan fingerprint density at radius 1 is 1.20 bits per heavy atom. The molecule has 1 aliphatic rings. The average Bonchev–Trinajstić information content (AvgIpc) is 2.23. The third kappa shape index (κ3) is 2.05. The van der Waals surface area contributed by atoms with E-state index >= 15 is 0 Å². The molecule has 0 saturated heterocycles. The van der Waals surface area contributed by atoms with E-state index < -0.39 is 5.60 Å². The molecule has 0 heterocycles. The van der Waals surface area contributed by atoms with Crippen LogP contribution in [-0.2, 0) is 5.60 Å². The van der Waals surface area contributed by atoms with Gasteiger partial charge in [-0.15, -0.1) is 0 Å². The topological polar surface area (TPSA) is 20.2 Å². The van der Waals surface area contributed by atoms with Gasteiger partial charge in [0.15, 0.2) is 0 Å². The quantitative estimate of drug-likeness (QED) is 0.750. The van der Waals surface area contributed by atoms with Crippen LogP contribution in [0.1, 0.15) is 43.2 Å². The van der Waals surface area contributed by atoms with E-state index in [2.05, 4.69) is 0 Å². The number of rotatable bonds is 1. The van der Waals surface area contributed by atoms with Crippen molar-refractivity contribution in [1.29, 1.82) is 0 Å². The van der Waals surface area contributed by atoms with Crippen LogP contribution in [0.3, 0.4) is 0 Å². The Balaban J connectivity index is 2.31. The minimum absolute atomic E-state index is 0.196. The molecule has 1 aromatic rings. The number of benzene rings is 1. The lowest BCUT2D eigenvalue weighted by molar-refractivity contribution is -0.000728. The van der Waals surface area contributed by atoms with E-state index in [9.17, 15) is 9.50 Å². The Kier molecular flexibility index (Phi) is 2.79. The summed E-state index contributed by atoms with van der Waals surface area (Å²) in [6, 6.07) is 4.95. The van der Waals surface area contributed by atoms with Crippen molar-refractivity contribution in [3.63, 3.8) is 0 Å². The maximum absolute atomic E-state index is 13.1. The molecule has 0 unspecified atom stereocenters. The third-order valence-corrected chi connectivity index (χ3v) is 3.38. The first kappa shape index (κ1) is 10.6. The monoisotopic (exact) mass is 208 g/mol. The Morgan fingerprint density at radius 2 is 1.87 bits per heavy atom. The summed E-state index contributed by atoms with van der Waals surface area (Å²) in [6.45, 7) is 1.74. The predicted octanol–water partition coefficient (Wildman–Crippen LogP) is 3.29. The zero-order chi connectivity index (χ0) is 10.9. The molecule has 1 aromatic carbocycles. The van der Waals surface area contributed by atoms with Gasteiger partial charge in [-0.2, -0.15) is 0 Å². The molecule has 1 fully saturated rings. The molecule has 0 bridgehead atoms. The van der Waals surface area contributed by atoms with Gasteiger partial charge in [-0.05, 0) is 37.0 Å². The minimum Gasteiger partial charge on any atom is -0.385 e. The van der Waals surface area contributed by atoms with Crippen LogP contribution < -0.4 is 0 Å². The molecule has 82 valence electrons. The van der Waals surface area contributed by atoms with Crippen molar-refractivity contribution in [2.75, 3.05) is 0 Å². The Labute approximate surface area is 89.9 Å². The second-order valence-electron chi connectivity index (χ2n) is 4.56. The Bertz CT molecular complexity index is 354. The minimum atomic E-state index is -0.712. The van der Waals surface area contributed by atoms with Crippen molar-refractivity contribution in [1.82, 2.24) is 0 Å². The molecule has 2 rings (SSSR count). The normalized spacial score (nSPS) is 20.2. The molecule has 0 radical (unpaired) electrons. The molecule has 0 spiro atoms. The van der Waals surface area contributed by atoms with Gasteiger partial charge in [0.05, 0.1) is 5.60 Å². The molecular formula is C13H17FO. The van der Waals surface area contributed by atoms with Crippen LogP contribution in [0.15, 0.2) is 18.2 Å². The van der Waals surface area contributed by atoms with Crippen molar-refractivity contribution in [2.45, 2.75) is 44.6 Å². The molecule has 0 atom stereocenters. The van der Waals surface area contributed by atoms with E-state index in [-0.39, 0.29) is 5.82 Å². The first-order chi connectivity index (χ1) is 7.12. The standard InChI is InChI=1S/C13H17FO/c1-10-9-11(5-6-12(10)14)13(15)7-3-2-4-8-13/h5-6,9,15H,2-4,7-8H2,1H3. The maximum atomic E-state index is 13.1. The Hall–Kier alpha value is -0.890. The van der Waals surface area contributed by atoms with Crippen LogP contribution in [-0.4, -0.2) is 5.11 Å². The van der Waals surface area contributed by atoms with Gasteiger partial charge in [-0.3, -0.25) is 0 Å². The summed E-state index contributed by atoms with van der Waals surface area (Å²) in [7, 11) is 0. The van der Waals surface area contributed by atoms with Crippen LogP contribution in [0.25, 0.3) is 0 Å². The van der Waals surface area contributed by atoms with Gasteiger partial charge in [-0.1, -0.05) is 31.4 Å². The molecule has 0 amide bonds. The first-order valence-corrected chi connectivity index (χ1v) is 5.61. The van der Waals surface area contributed by atoms with Gasteiger partial charge in [0, 0.05) is 0 Å². The lowest BCUT2D eigenvalue weighted by atomic mass is 9.79. The molecule has 2 heteroatoms. The van der Waals surface area contributed by atoms with Gasteiger partial charge in [0.25, 0.3) is 0 Å². The molecule has 0 aliphatic heterocycles. The third-order valence-electron chi connectivity index (χ3n) is 3.38. The molecule has 1 nitrogen and oxygen atoms in total. The van der Waals surface area contributed by atoms with Crippen LogP contribution in [0.4, 0.5) is 4.39 Å². The van der Waals surface area contributed by atoms with Crippen molar-refractivity contribution in [3.8, 4) is 0 Å². The van der Waals surface area contributed by atoms with E-state index in [0.29, 0.717) is 5.56 Å². The average molecular weight is 208 g/mol. The largest absolute Gasteiger partial charge is 0.385 e. The summed E-state index contributed by atoms with van der Waals surface area (Å²) in [6.07, 6.45) is 4.93. The highest BCUT2D eigenvalue weighted by Crippen LogP contribution is 2.37. The number of aryl methyl sites for hydroxylation is 1. The lowest BCUT2D eigenvalue weighted by Crippen LogP contribution is -2.28. The van der Waals surface area contributed by atoms with E-state index in [1.54, 1.807) is 19.1 Å². The van der Waals surface area contributed by atoms with Gasteiger partial charge >= 0.3 is 0 Å². The van der Waals surface area contributed by atoms with Crippen LogP contribution in [0.2, 0.25) is 0 Å². The second-order valence-corrected chi connectivity index (χ2v) is 4.56. The summed E-state index contributed by atoms with van der Waals surface area (Å²) in [4.78, 5) is 0. The van der Waals surface area contributed by atoms with Crippen molar-refractivity contribution < 1.29 is 9.50 Å². The van der Waals surface area contributed by atoms with E-state index in [4.69, 9.17) is 0 Å². The predicted molar refractivity (Wildman–Crippen MR) is 58.1 cm³/mol. The SMILES string of the molecule is Cc1cc(C2(O)CCCCC2)ccc1F. The van der Waals surface area contributed by atoms with E-state index in [0.717, 1.165) is 31.2 Å². The van der Waals surface area contributed by atoms with Gasteiger partial charge < -0.3 is 5.11 Å². The molecule has 1 aliphatic carbocycles. The number of hydrogen-bond donors (Lipinski definition) is 1. The molecular weight excluding hydrogens is 191 g/mol. The highest BCUT2D eigenvalue weighted by molar-refractivity contribution is 5.29. The van der Waals surface area contributed by atoms with Crippen LogP contribution >= 0.6 is 0 Å². The van der Waals surface area contributed by atoms with Crippen molar-refractivity contribution >= 4 is 0 Å². The fourth-order valence-electron chi connectivity index (χ4n) is 2.36. The molecule has 0 aromatic heterocycles. The maximum Gasteiger partial charge on any atom is 0.126 e. The molecule has 15 heavy (non-hydrogen) atoms. The molecule has 1 N–H and O–H groups in total. The smallest absolute Gasteiger partial charge is 0.126 e. The highest BCUT2D eigenvalue weighted by atomic mass is 19.1. The van der Waals surface area contributed by atoms with Crippen molar-refractivity contribution in [3.05, 3.63) is 35.1 Å². The summed E-state index contributed by atoms with van der Waals surface area (Å²) >= 11 is 0. The fourth-order valence-corrected chi connectivity index (χ4v) is 2.36. The fraction of sp³-hybridized carbons (Fsp3) is 0.538. The van der Waals surface area contributed by atoms with Crippen LogP contribution in [0, 0.1) is 12.7 Å². The zero-order valence-electron chi connectivity index (χ0n) is 9.09. The van der Waals surface area contributed by atoms with Crippen LogP contribution in [0.5, 0.6) is 0 Å². The van der Waals surface area contributed by atoms with Gasteiger partial charge in [0.1, 0.15) is 5.82 Å². The summed E-state index contributed by atoms with van der Waals surface area (Å²) in [5.41, 5.74) is 0.782. The number of halogens is 1. The second kappa shape index (κ2) is 3.93. The molecule has 1 saturated carbocycles. The van der Waals surface area contributed by atoms with Gasteiger partial charge in [0.2, 0.25) is 0 Å². The number of aliphatic hydroxyl groups is 1. The zero-order valence-corrected chi connectivity index (χ0v) is 9.09.